The van der Waals surface area contributed by atoms with Gasteiger partial charge in [-0.05, 0) is 31.4 Å². The third kappa shape index (κ3) is 4.09. The number of fused-ring (bicyclic) bond motifs is 1. The minimum Gasteiger partial charge on any atom is -0.454 e. The minimum absolute atomic E-state index is 0.199. The van der Waals surface area contributed by atoms with Crippen LogP contribution < -0.4 is 5.32 Å². The van der Waals surface area contributed by atoms with E-state index in [1.54, 1.807) is 24.3 Å². The molecule has 3 atom stereocenters. The highest BCUT2D eigenvalue weighted by atomic mass is 35.5. The molecule has 1 aromatic rings. The van der Waals surface area contributed by atoms with E-state index in [0.29, 0.717) is 17.9 Å². The van der Waals surface area contributed by atoms with E-state index in [9.17, 15) is 19.2 Å². The van der Waals surface area contributed by atoms with Crippen molar-refractivity contribution in [2.45, 2.75) is 32.4 Å². The summed E-state index contributed by atoms with van der Waals surface area (Å²) < 4.78 is 5.00. The number of likely N-dealkylation sites (tertiary alicyclic amines) is 1. The predicted octanol–water partition coefficient (Wildman–Crippen LogP) is 1.84. The third-order valence-corrected chi connectivity index (χ3v) is 5.42. The first-order chi connectivity index (χ1) is 13.4. The summed E-state index contributed by atoms with van der Waals surface area (Å²) in [5.41, 5.74) is 0.738. The maximum Gasteiger partial charge on any atom is 0.329 e. The van der Waals surface area contributed by atoms with Crippen molar-refractivity contribution < 1.29 is 23.9 Å². The Balaban J connectivity index is 1.50. The fourth-order valence-electron chi connectivity index (χ4n) is 3.46. The van der Waals surface area contributed by atoms with Crippen LogP contribution in [0, 0.1) is 11.8 Å². The topological polar surface area (TPSA) is 92.8 Å². The summed E-state index contributed by atoms with van der Waals surface area (Å²) in [6.45, 7) is 1.13. The number of hydrogen-bond donors (Lipinski definition) is 1. The van der Waals surface area contributed by atoms with Gasteiger partial charge in [-0.1, -0.05) is 42.0 Å². The van der Waals surface area contributed by atoms with E-state index < -0.39 is 36.4 Å². The number of allylic oxidation sites excluding steroid dienone is 2. The normalized spacial score (nSPS) is 22.0. The number of halogens is 1. The number of nitrogens with one attached hydrogen (secondary N) is 1. The number of esters is 1. The Hall–Kier alpha value is -2.67. The monoisotopic (exact) mass is 404 g/mol. The van der Waals surface area contributed by atoms with Crippen LogP contribution in [0.2, 0.25) is 5.02 Å². The molecule has 1 fully saturated rings. The highest BCUT2D eigenvalue weighted by molar-refractivity contribution is 6.31. The van der Waals surface area contributed by atoms with Gasteiger partial charge in [-0.2, -0.15) is 0 Å². The molecule has 0 bridgehead atoms. The Labute approximate surface area is 167 Å². The molecule has 0 aromatic heterocycles. The van der Waals surface area contributed by atoms with Crippen molar-refractivity contribution >= 4 is 35.3 Å². The van der Waals surface area contributed by atoms with Gasteiger partial charge >= 0.3 is 5.97 Å². The van der Waals surface area contributed by atoms with E-state index >= 15 is 0 Å². The van der Waals surface area contributed by atoms with E-state index in [1.807, 2.05) is 12.2 Å². The number of ether oxygens (including phenoxy) is 1. The minimum atomic E-state index is -1.07. The van der Waals surface area contributed by atoms with Crippen LogP contribution in [0.15, 0.2) is 36.4 Å². The molecular weight excluding hydrogens is 384 g/mol. The number of rotatable bonds is 6. The largest absolute Gasteiger partial charge is 0.454 e. The SMILES string of the molecule is C[C@@H](C(=O)OCC(=O)NCc1ccccc1Cl)N1C(=O)[C@H]2CC=CC[C@@H]2C1=O. The van der Waals surface area contributed by atoms with Gasteiger partial charge in [0.25, 0.3) is 5.91 Å². The Morgan fingerprint density at radius 1 is 1.18 bits per heavy atom. The number of carbonyl (C=O) groups excluding carboxylic acids is 4. The van der Waals surface area contributed by atoms with Crippen molar-refractivity contribution in [3.05, 3.63) is 47.0 Å². The van der Waals surface area contributed by atoms with Crippen LogP contribution >= 0.6 is 11.6 Å². The molecule has 1 aromatic carbocycles. The molecule has 7 nitrogen and oxygen atoms in total. The second kappa shape index (κ2) is 8.56. The standard InChI is InChI=1S/C20H21ClN2O5/c1-12(23-18(25)14-7-3-4-8-15(14)19(23)26)20(27)28-11-17(24)22-10-13-6-2-5-9-16(13)21/h2-6,9,12,14-15H,7-8,10-11H2,1H3,(H,22,24)/t12-,14-,15-/m0/s1. The lowest BCUT2D eigenvalue weighted by molar-refractivity contribution is -0.159. The van der Waals surface area contributed by atoms with Crippen molar-refractivity contribution in [1.82, 2.24) is 10.2 Å². The number of carbonyl (C=O) groups is 4. The lowest BCUT2D eigenvalue weighted by atomic mass is 9.85. The molecule has 3 amide bonds. The van der Waals surface area contributed by atoms with Crippen LogP contribution in [0.25, 0.3) is 0 Å². The summed E-state index contributed by atoms with van der Waals surface area (Å²) in [6.07, 6.45) is 4.75. The van der Waals surface area contributed by atoms with Crippen LogP contribution in [-0.4, -0.2) is 41.2 Å². The molecule has 148 valence electrons. The van der Waals surface area contributed by atoms with Crippen LogP contribution in [0.5, 0.6) is 0 Å². The molecule has 8 heteroatoms. The van der Waals surface area contributed by atoms with E-state index in [0.717, 1.165) is 10.5 Å². The zero-order valence-corrected chi connectivity index (χ0v) is 16.1. The van der Waals surface area contributed by atoms with Crippen molar-refractivity contribution in [3.63, 3.8) is 0 Å². The molecule has 0 spiro atoms. The second-order valence-corrected chi connectivity index (χ2v) is 7.26. The van der Waals surface area contributed by atoms with E-state index in [4.69, 9.17) is 16.3 Å². The number of nitrogens with zero attached hydrogens (tertiary/aromatic N) is 1. The fraction of sp³-hybridized carbons (Fsp3) is 0.400. The average Bonchev–Trinajstić information content (AvgIpc) is 2.95. The van der Waals surface area contributed by atoms with Crippen LogP contribution in [0.4, 0.5) is 0 Å². The van der Waals surface area contributed by atoms with Gasteiger partial charge in [0, 0.05) is 11.6 Å². The molecule has 0 radical (unpaired) electrons. The lowest BCUT2D eigenvalue weighted by Crippen LogP contribution is -2.45. The highest BCUT2D eigenvalue weighted by Gasteiger charge is 2.50. The zero-order valence-electron chi connectivity index (χ0n) is 15.4. The molecule has 1 N–H and O–H groups in total. The van der Waals surface area contributed by atoms with Crippen molar-refractivity contribution in [2.24, 2.45) is 11.8 Å². The molecular formula is C20H21ClN2O5. The predicted molar refractivity (Wildman–Crippen MR) is 101 cm³/mol. The summed E-state index contributed by atoms with van der Waals surface area (Å²) in [5, 5.41) is 3.13. The molecule has 1 heterocycles. The summed E-state index contributed by atoms with van der Waals surface area (Å²) in [5.74, 6) is -2.82. The number of hydrogen-bond acceptors (Lipinski definition) is 5. The summed E-state index contributed by atoms with van der Waals surface area (Å²) in [4.78, 5) is 50.2. The molecule has 1 aliphatic heterocycles. The average molecular weight is 405 g/mol. The first-order valence-corrected chi connectivity index (χ1v) is 9.46. The van der Waals surface area contributed by atoms with Crippen molar-refractivity contribution in [3.8, 4) is 0 Å². The maximum atomic E-state index is 12.5. The Bertz CT molecular complexity index is 812. The van der Waals surface area contributed by atoms with E-state index in [1.165, 1.54) is 6.92 Å². The third-order valence-electron chi connectivity index (χ3n) is 5.05. The summed E-state index contributed by atoms with van der Waals surface area (Å²) >= 11 is 6.02. The first kappa shape index (κ1) is 20.1. The van der Waals surface area contributed by atoms with Gasteiger partial charge in [0.15, 0.2) is 6.61 Å². The first-order valence-electron chi connectivity index (χ1n) is 9.08. The number of imide groups is 1. The second-order valence-electron chi connectivity index (χ2n) is 6.85. The van der Waals surface area contributed by atoms with Gasteiger partial charge in [0.2, 0.25) is 11.8 Å². The summed E-state index contributed by atoms with van der Waals surface area (Å²) in [7, 11) is 0. The molecule has 28 heavy (non-hydrogen) atoms. The van der Waals surface area contributed by atoms with E-state index in [-0.39, 0.29) is 18.4 Å². The van der Waals surface area contributed by atoms with Crippen molar-refractivity contribution in [1.29, 1.82) is 0 Å². The molecule has 2 aliphatic rings. The zero-order chi connectivity index (χ0) is 20.3. The van der Waals surface area contributed by atoms with Crippen molar-refractivity contribution in [2.75, 3.05) is 6.61 Å². The quantitative estimate of drug-likeness (QED) is 0.443. The maximum absolute atomic E-state index is 12.5. The smallest absolute Gasteiger partial charge is 0.329 e. The number of benzene rings is 1. The molecule has 1 saturated heterocycles. The van der Waals surface area contributed by atoms with E-state index in [2.05, 4.69) is 5.32 Å². The molecule has 3 rings (SSSR count). The van der Waals surface area contributed by atoms with Gasteiger partial charge in [-0.25, -0.2) is 4.79 Å². The van der Waals surface area contributed by atoms with Gasteiger partial charge < -0.3 is 10.1 Å². The van der Waals surface area contributed by atoms with Crippen LogP contribution in [0.3, 0.4) is 0 Å². The Kier molecular flexibility index (Phi) is 6.14. The lowest BCUT2D eigenvalue weighted by Gasteiger charge is -2.21. The molecule has 0 saturated carbocycles. The molecule has 0 unspecified atom stereocenters. The van der Waals surface area contributed by atoms with Gasteiger partial charge in [0.1, 0.15) is 6.04 Å². The number of amides is 3. The fourth-order valence-corrected chi connectivity index (χ4v) is 3.66. The van der Waals surface area contributed by atoms with Crippen LogP contribution in [-0.2, 0) is 30.5 Å². The van der Waals surface area contributed by atoms with Gasteiger partial charge in [0.05, 0.1) is 11.8 Å². The summed E-state index contributed by atoms with van der Waals surface area (Å²) in [6, 6.07) is 6.00. The molecule has 1 aliphatic carbocycles. The Morgan fingerprint density at radius 2 is 1.79 bits per heavy atom. The highest BCUT2D eigenvalue weighted by Crippen LogP contribution is 2.36. The van der Waals surface area contributed by atoms with Crippen LogP contribution in [0.1, 0.15) is 25.3 Å². The Morgan fingerprint density at radius 3 is 2.39 bits per heavy atom. The van der Waals surface area contributed by atoms with Gasteiger partial charge in [-0.15, -0.1) is 0 Å². The van der Waals surface area contributed by atoms with Gasteiger partial charge in [-0.3, -0.25) is 19.3 Å².